The summed E-state index contributed by atoms with van der Waals surface area (Å²) in [5.41, 5.74) is 0.327. The van der Waals surface area contributed by atoms with Crippen molar-refractivity contribution in [3.05, 3.63) is 22.3 Å². The van der Waals surface area contributed by atoms with Crippen LogP contribution in [0, 0.1) is 11.8 Å². The van der Waals surface area contributed by atoms with Crippen molar-refractivity contribution in [3.63, 3.8) is 0 Å². The Morgan fingerprint density at radius 1 is 1.53 bits per heavy atom. The van der Waals surface area contributed by atoms with Crippen LogP contribution in [-0.2, 0) is 4.74 Å². The second-order valence-electron chi connectivity index (χ2n) is 4.81. The number of rotatable bonds is 2. The number of carbonyl (C=O) groups is 1. The van der Waals surface area contributed by atoms with Crippen LogP contribution in [0.2, 0.25) is 0 Å². The van der Waals surface area contributed by atoms with Crippen molar-refractivity contribution in [3.8, 4) is 0 Å². The number of alkyl halides is 2. The van der Waals surface area contributed by atoms with Crippen molar-refractivity contribution < 1.29 is 18.3 Å². The molecule has 2 atom stereocenters. The van der Waals surface area contributed by atoms with Crippen molar-refractivity contribution in [1.82, 2.24) is 4.98 Å². The molecule has 3 rings (SSSR count). The molecule has 1 aliphatic carbocycles. The summed E-state index contributed by atoms with van der Waals surface area (Å²) in [6.45, 7) is 0.613. The highest BCUT2D eigenvalue weighted by Crippen LogP contribution is 2.59. The van der Waals surface area contributed by atoms with E-state index in [1.54, 1.807) is 6.07 Å². The zero-order chi connectivity index (χ0) is 13.8. The lowest BCUT2D eigenvalue weighted by molar-refractivity contribution is 0.0600. The molecule has 1 aliphatic heterocycles. The van der Waals surface area contributed by atoms with Gasteiger partial charge in [0.1, 0.15) is 5.82 Å². The second kappa shape index (κ2) is 4.13. The number of esters is 1. The normalized spacial score (nSPS) is 27.1. The molecule has 0 amide bonds. The number of nitrogens with zero attached hydrogens (tertiary/aromatic N) is 2. The summed E-state index contributed by atoms with van der Waals surface area (Å²) >= 11 is 3.32. The van der Waals surface area contributed by atoms with E-state index in [4.69, 9.17) is 0 Å². The average molecular weight is 333 g/mol. The largest absolute Gasteiger partial charge is 0.465 e. The molecule has 0 aromatic carbocycles. The first-order chi connectivity index (χ1) is 8.95. The van der Waals surface area contributed by atoms with Crippen molar-refractivity contribution in [2.75, 3.05) is 25.1 Å². The lowest BCUT2D eigenvalue weighted by Gasteiger charge is -2.22. The van der Waals surface area contributed by atoms with Gasteiger partial charge in [0.15, 0.2) is 0 Å². The van der Waals surface area contributed by atoms with E-state index in [0.717, 1.165) is 0 Å². The van der Waals surface area contributed by atoms with Crippen LogP contribution in [0.15, 0.2) is 16.7 Å². The first-order valence-electron chi connectivity index (χ1n) is 5.81. The third-order valence-electron chi connectivity index (χ3n) is 3.74. The number of aromatic nitrogens is 1. The summed E-state index contributed by atoms with van der Waals surface area (Å²) in [6.07, 6.45) is 1.40. The Balaban J connectivity index is 1.79. The number of hydrogen-bond acceptors (Lipinski definition) is 4. The smallest absolute Gasteiger partial charge is 0.339 e. The molecular formula is C12H11BrF2N2O2. The predicted molar refractivity (Wildman–Crippen MR) is 67.4 cm³/mol. The molecule has 2 fully saturated rings. The Labute approximate surface area is 116 Å². The molecular weight excluding hydrogens is 322 g/mol. The van der Waals surface area contributed by atoms with Gasteiger partial charge in [-0.3, -0.25) is 0 Å². The molecule has 19 heavy (non-hydrogen) atoms. The van der Waals surface area contributed by atoms with Gasteiger partial charge in [-0.1, -0.05) is 0 Å². The highest BCUT2D eigenvalue weighted by Gasteiger charge is 2.71. The van der Waals surface area contributed by atoms with E-state index in [-0.39, 0.29) is 0 Å². The third kappa shape index (κ3) is 1.91. The summed E-state index contributed by atoms with van der Waals surface area (Å²) in [5.74, 6) is -3.50. The van der Waals surface area contributed by atoms with Crippen molar-refractivity contribution >= 4 is 27.7 Å². The maximum absolute atomic E-state index is 13.1. The summed E-state index contributed by atoms with van der Waals surface area (Å²) in [6, 6.07) is 1.59. The molecule has 2 aliphatic rings. The zero-order valence-corrected chi connectivity index (χ0v) is 11.7. The van der Waals surface area contributed by atoms with Gasteiger partial charge < -0.3 is 9.64 Å². The van der Waals surface area contributed by atoms with Crippen LogP contribution < -0.4 is 4.90 Å². The number of hydrogen-bond donors (Lipinski definition) is 0. The minimum atomic E-state index is -2.51. The molecule has 1 aromatic rings. The number of halogens is 3. The molecule has 1 saturated heterocycles. The van der Waals surface area contributed by atoms with Gasteiger partial charge in [-0.15, -0.1) is 0 Å². The van der Waals surface area contributed by atoms with E-state index in [2.05, 4.69) is 25.7 Å². The van der Waals surface area contributed by atoms with E-state index in [1.807, 2.05) is 4.90 Å². The van der Waals surface area contributed by atoms with Crippen molar-refractivity contribution in [2.24, 2.45) is 11.8 Å². The highest BCUT2D eigenvalue weighted by atomic mass is 79.9. The predicted octanol–water partition coefficient (Wildman–Crippen LogP) is 2.33. The van der Waals surface area contributed by atoms with Crippen molar-refractivity contribution in [1.29, 1.82) is 0 Å². The first-order valence-corrected chi connectivity index (χ1v) is 6.61. The number of fused-ring (bicyclic) bond motifs is 1. The number of ether oxygens (including phenoxy) is 1. The topological polar surface area (TPSA) is 42.4 Å². The Morgan fingerprint density at radius 2 is 2.16 bits per heavy atom. The molecule has 2 heterocycles. The third-order valence-corrected chi connectivity index (χ3v) is 4.33. The van der Waals surface area contributed by atoms with Crippen LogP contribution >= 0.6 is 15.9 Å². The van der Waals surface area contributed by atoms with Crippen LogP contribution in [0.4, 0.5) is 14.6 Å². The van der Waals surface area contributed by atoms with Crippen LogP contribution in [0.1, 0.15) is 10.4 Å². The first kappa shape index (κ1) is 12.8. The van der Waals surface area contributed by atoms with Crippen molar-refractivity contribution in [2.45, 2.75) is 5.92 Å². The molecule has 7 heteroatoms. The molecule has 0 spiro atoms. The van der Waals surface area contributed by atoms with E-state index in [0.29, 0.717) is 28.9 Å². The molecule has 0 bridgehead atoms. The van der Waals surface area contributed by atoms with Gasteiger partial charge in [-0.25, -0.2) is 18.6 Å². The number of piperidine rings is 1. The summed E-state index contributed by atoms with van der Waals surface area (Å²) < 4.78 is 31.5. The molecule has 2 unspecified atom stereocenters. The second-order valence-corrected chi connectivity index (χ2v) is 5.67. The summed E-state index contributed by atoms with van der Waals surface area (Å²) in [5, 5.41) is 0. The van der Waals surface area contributed by atoms with Gasteiger partial charge in [0.2, 0.25) is 0 Å². The van der Waals surface area contributed by atoms with Gasteiger partial charge in [0.05, 0.1) is 29.0 Å². The molecule has 4 nitrogen and oxygen atoms in total. The van der Waals surface area contributed by atoms with Gasteiger partial charge in [0.25, 0.3) is 5.92 Å². The summed E-state index contributed by atoms with van der Waals surface area (Å²) in [7, 11) is 1.29. The minimum Gasteiger partial charge on any atom is -0.465 e. The Morgan fingerprint density at radius 3 is 2.68 bits per heavy atom. The molecule has 0 N–H and O–H groups in total. The number of carbonyl (C=O) groups excluding carboxylic acids is 1. The lowest BCUT2D eigenvalue weighted by atomic mass is 10.3. The number of pyridine rings is 1. The van der Waals surface area contributed by atoms with Gasteiger partial charge in [-0.05, 0) is 22.0 Å². The van der Waals surface area contributed by atoms with Crippen LogP contribution in [0.3, 0.4) is 0 Å². The SMILES string of the molecule is COC(=O)c1cnc(N2CC3C(C2)C3(F)F)c(Br)c1. The lowest BCUT2D eigenvalue weighted by Crippen LogP contribution is -2.28. The van der Waals surface area contributed by atoms with E-state index < -0.39 is 23.7 Å². The Hall–Kier alpha value is -1.24. The van der Waals surface area contributed by atoms with E-state index in [9.17, 15) is 13.6 Å². The number of methoxy groups -OCH3 is 1. The fraction of sp³-hybridized carbons (Fsp3) is 0.500. The number of anilines is 1. The van der Waals surface area contributed by atoms with E-state index >= 15 is 0 Å². The maximum atomic E-state index is 13.1. The van der Waals surface area contributed by atoms with Gasteiger partial charge in [0, 0.05) is 19.3 Å². The van der Waals surface area contributed by atoms with Gasteiger partial charge in [-0.2, -0.15) is 0 Å². The van der Waals surface area contributed by atoms with Gasteiger partial charge >= 0.3 is 5.97 Å². The quantitative estimate of drug-likeness (QED) is 0.779. The molecule has 0 radical (unpaired) electrons. The van der Waals surface area contributed by atoms with Crippen LogP contribution in [-0.4, -0.2) is 37.1 Å². The minimum absolute atomic E-state index is 0.306. The summed E-state index contributed by atoms with van der Waals surface area (Å²) in [4.78, 5) is 17.3. The maximum Gasteiger partial charge on any atom is 0.339 e. The fourth-order valence-corrected chi connectivity index (χ4v) is 3.17. The highest BCUT2D eigenvalue weighted by molar-refractivity contribution is 9.10. The fourth-order valence-electron chi connectivity index (χ4n) is 2.57. The molecule has 102 valence electrons. The monoisotopic (exact) mass is 332 g/mol. The molecule has 1 aromatic heterocycles. The molecule has 1 saturated carbocycles. The average Bonchev–Trinajstić information content (AvgIpc) is 2.79. The zero-order valence-electron chi connectivity index (χ0n) is 10.1. The van der Waals surface area contributed by atoms with Crippen LogP contribution in [0.5, 0.6) is 0 Å². The standard InChI is InChI=1S/C12H11BrF2N2O2/c1-19-11(18)6-2-9(13)10(16-3-6)17-4-7-8(5-17)12(7,14)15/h2-3,7-8H,4-5H2,1H3. The van der Waals surface area contributed by atoms with Crippen LogP contribution in [0.25, 0.3) is 0 Å². The Kier molecular flexibility index (Phi) is 2.78. The van der Waals surface area contributed by atoms with E-state index in [1.165, 1.54) is 13.3 Å². The Bertz CT molecular complexity index is 539.